The molecule has 0 unspecified atom stereocenters. The van der Waals surface area contributed by atoms with Crippen LogP contribution in [-0.4, -0.2) is 0 Å². The predicted octanol–water partition coefficient (Wildman–Crippen LogP) is 12.6. The minimum absolute atomic E-state index is 0.00837. The smallest absolute Gasteiger partial charge is 0.143 e. The first kappa shape index (κ1) is 16.8. The molecule has 1 nitrogen and oxygen atoms in total. The highest BCUT2D eigenvalue weighted by molar-refractivity contribution is 6.23. The monoisotopic (exact) mass is 583 g/mol. The molecule has 0 atom stereocenters. The normalized spacial score (nSPS) is 15.0. The van der Waals surface area contributed by atoms with Crippen LogP contribution in [0.4, 0.5) is 0 Å². The van der Waals surface area contributed by atoms with E-state index in [1.807, 2.05) is 91.0 Å². The van der Waals surface area contributed by atoms with E-state index in [9.17, 15) is 2.74 Å². The summed E-state index contributed by atoms with van der Waals surface area (Å²) in [4.78, 5) is 0. The first-order valence-electron chi connectivity index (χ1n) is 20.0. The van der Waals surface area contributed by atoms with E-state index in [1.165, 1.54) is 0 Å². The molecule has 45 heavy (non-hydrogen) atoms. The van der Waals surface area contributed by atoms with Crippen molar-refractivity contribution < 1.29 is 19.5 Å². The third-order valence-corrected chi connectivity index (χ3v) is 8.27. The lowest BCUT2D eigenvalue weighted by atomic mass is 9.84. The Labute approximate surface area is 277 Å². The van der Waals surface area contributed by atoms with Crippen LogP contribution in [-0.2, 0) is 0 Å². The minimum Gasteiger partial charge on any atom is -0.455 e. The molecule has 0 bridgehead atoms. The van der Waals surface area contributed by atoms with Crippen molar-refractivity contribution in [2.45, 2.75) is 0 Å². The molecule has 0 fully saturated rings. The molecule has 210 valence electrons. The summed E-state index contributed by atoms with van der Waals surface area (Å²) in [7, 11) is 0. The molecular weight excluding hydrogens is 544 g/mol. The molecule has 0 N–H and O–H groups in total. The van der Waals surface area contributed by atoms with Crippen LogP contribution in [0.15, 0.2) is 174 Å². The summed E-state index contributed by atoms with van der Waals surface area (Å²) in [6, 6.07) is 28.3. The second-order valence-electron chi connectivity index (χ2n) is 10.8. The molecule has 8 aromatic carbocycles. The van der Waals surface area contributed by atoms with Gasteiger partial charge in [0.2, 0.25) is 0 Å². The number of benzene rings is 8. The average molecular weight is 584 g/mol. The maximum atomic E-state index is 9.84. The first-order valence-corrected chi connectivity index (χ1v) is 14.5. The molecule has 0 spiro atoms. The number of hydrogen-bond donors (Lipinski definition) is 0. The number of hydrogen-bond acceptors (Lipinski definition) is 1. The van der Waals surface area contributed by atoms with Gasteiger partial charge < -0.3 is 4.42 Å². The summed E-state index contributed by atoms with van der Waals surface area (Å²) in [5, 5.41) is 3.39. The van der Waals surface area contributed by atoms with Crippen LogP contribution in [0.3, 0.4) is 0 Å². The van der Waals surface area contributed by atoms with Crippen LogP contribution >= 0.6 is 0 Å². The van der Waals surface area contributed by atoms with E-state index in [2.05, 4.69) is 0 Å². The quantitative estimate of drug-likeness (QED) is 0.188. The topological polar surface area (TPSA) is 13.1 Å². The van der Waals surface area contributed by atoms with Crippen molar-refractivity contribution in [1.82, 2.24) is 0 Å². The largest absolute Gasteiger partial charge is 0.455 e. The fraction of sp³-hybridized carbons (Fsp3) is 0. The van der Waals surface area contributed by atoms with Gasteiger partial charge in [0.1, 0.15) is 11.2 Å². The zero-order valence-corrected chi connectivity index (χ0v) is 23.7. The zero-order chi connectivity index (χ0) is 39.3. The van der Waals surface area contributed by atoms with Crippen molar-refractivity contribution in [3.63, 3.8) is 0 Å². The van der Waals surface area contributed by atoms with E-state index in [4.69, 9.17) is 16.8 Å². The highest BCUT2D eigenvalue weighted by atomic mass is 16.3. The van der Waals surface area contributed by atoms with Gasteiger partial charge in [-0.05, 0) is 78.6 Å². The van der Waals surface area contributed by atoms with Gasteiger partial charge in [0.25, 0.3) is 0 Å². The molecule has 1 heteroatoms. The number of furan rings is 1. The van der Waals surface area contributed by atoms with Crippen molar-refractivity contribution in [2.75, 3.05) is 0 Å². The molecule has 0 amide bonds. The maximum Gasteiger partial charge on any atom is 0.143 e. The van der Waals surface area contributed by atoms with E-state index >= 15 is 0 Å². The van der Waals surface area contributed by atoms with Crippen LogP contribution in [0.1, 0.15) is 15.1 Å². The van der Waals surface area contributed by atoms with Gasteiger partial charge in [-0.25, -0.2) is 0 Å². The zero-order valence-electron chi connectivity index (χ0n) is 34.7. The van der Waals surface area contributed by atoms with Crippen molar-refractivity contribution in [2.24, 2.45) is 0 Å². The van der Waals surface area contributed by atoms with Crippen LogP contribution < -0.4 is 0 Å². The second-order valence-corrected chi connectivity index (χ2v) is 10.8. The minimum atomic E-state index is -0.453. The van der Waals surface area contributed by atoms with E-state index in [-0.39, 0.29) is 69.3 Å². The second kappa shape index (κ2) is 10.4. The van der Waals surface area contributed by atoms with E-state index < -0.39 is 30.2 Å². The highest BCUT2D eigenvalue weighted by Gasteiger charge is 2.20. The standard InChI is InChI=1S/C44H28O/c1-3-13-29(14-4-1)30-23-25-32(26-24-30)42-35-18-7-9-20-37(35)43(38-21-10-8-19-36(38)42)33-27-39(31-15-5-2-6-16-31)44-40(28-33)34-17-11-12-22-41(34)45-44/h1-28H/i1D,3D,4D,11D,12D,13D,14D,17D,22D,27D,28D. The van der Waals surface area contributed by atoms with Gasteiger partial charge in [-0.15, -0.1) is 0 Å². The first-order chi connectivity index (χ1) is 26.9. The van der Waals surface area contributed by atoms with Gasteiger partial charge in [0.15, 0.2) is 0 Å². The third-order valence-electron chi connectivity index (χ3n) is 8.27. The average Bonchev–Trinajstić information content (AvgIpc) is 3.62. The molecule has 9 aromatic rings. The molecule has 0 radical (unpaired) electrons. The summed E-state index contributed by atoms with van der Waals surface area (Å²) in [5.74, 6) is 0. The SMILES string of the molecule is [2H]c1c([2H])c([2H])c(-c2ccc(-c3c4ccccc4c(-c4c([2H])c(-c5ccccc5)c5oc6c([2H])c([2H])c([2H])c([2H])c6c5c4[2H])c4ccccc34)cc2)c([2H])c1[2H]. The third kappa shape index (κ3) is 4.17. The summed E-state index contributed by atoms with van der Waals surface area (Å²) in [6.45, 7) is 0. The van der Waals surface area contributed by atoms with Gasteiger partial charge in [0, 0.05) is 16.3 Å². The Balaban J connectivity index is 1.38. The van der Waals surface area contributed by atoms with Crippen LogP contribution in [0.25, 0.3) is 88.0 Å². The molecular formula is C44H28O. The van der Waals surface area contributed by atoms with Gasteiger partial charge >= 0.3 is 0 Å². The Kier molecular flexibility index (Phi) is 3.87. The van der Waals surface area contributed by atoms with E-state index in [0.717, 1.165) is 32.7 Å². The van der Waals surface area contributed by atoms with Crippen molar-refractivity contribution >= 4 is 43.5 Å². The van der Waals surface area contributed by atoms with Gasteiger partial charge in [-0.2, -0.15) is 0 Å². The van der Waals surface area contributed by atoms with Crippen LogP contribution in [0.2, 0.25) is 0 Å². The van der Waals surface area contributed by atoms with Crippen LogP contribution in [0, 0.1) is 0 Å². The Bertz CT molecular complexity index is 3050. The lowest BCUT2D eigenvalue weighted by molar-refractivity contribution is 0.670. The van der Waals surface area contributed by atoms with Crippen LogP contribution in [0.5, 0.6) is 0 Å². The fourth-order valence-corrected chi connectivity index (χ4v) is 6.29. The number of fused-ring (bicyclic) bond motifs is 5. The maximum absolute atomic E-state index is 9.84. The molecule has 1 heterocycles. The molecule has 0 aliphatic heterocycles. The fourth-order valence-electron chi connectivity index (χ4n) is 6.29. The lowest BCUT2D eigenvalue weighted by Gasteiger charge is -2.18. The Hall–Kier alpha value is -5.92. The van der Waals surface area contributed by atoms with Gasteiger partial charge in [-0.1, -0.05) is 151 Å². The molecule has 0 saturated carbocycles. The summed E-state index contributed by atoms with van der Waals surface area (Å²) in [5.41, 5.74) is 4.18. The molecule has 9 rings (SSSR count). The van der Waals surface area contributed by atoms with Gasteiger partial charge in [0.05, 0.1) is 15.1 Å². The Morgan fingerprint density at radius 2 is 0.933 bits per heavy atom. The van der Waals surface area contributed by atoms with E-state index in [1.54, 1.807) is 12.1 Å². The number of rotatable bonds is 4. The number of para-hydroxylation sites is 1. The Morgan fingerprint density at radius 3 is 1.60 bits per heavy atom. The van der Waals surface area contributed by atoms with Gasteiger partial charge in [-0.3, -0.25) is 0 Å². The Morgan fingerprint density at radius 1 is 0.378 bits per heavy atom. The summed E-state index contributed by atoms with van der Waals surface area (Å²) < 4.78 is 102. The summed E-state index contributed by atoms with van der Waals surface area (Å²) >= 11 is 0. The summed E-state index contributed by atoms with van der Waals surface area (Å²) in [6.07, 6.45) is 0. The van der Waals surface area contributed by atoms with Crippen molar-refractivity contribution in [1.29, 1.82) is 0 Å². The predicted molar refractivity (Wildman–Crippen MR) is 190 cm³/mol. The molecule has 0 aliphatic rings. The highest BCUT2D eigenvalue weighted by Crippen LogP contribution is 2.46. The molecule has 1 aromatic heterocycles. The molecule has 0 saturated heterocycles. The van der Waals surface area contributed by atoms with E-state index in [0.29, 0.717) is 22.3 Å². The lowest BCUT2D eigenvalue weighted by Crippen LogP contribution is -1.91. The van der Waals surface area contributed by atoms with Crippen molar-refractivity contribution in [3.8, 4) is 44.5 Å². The molecule has 0 aliphatic carbocycles. The van der Waals surface area contributed by atoms with Crippen molar-refractivity contribution in [3.05, 3.63) is 170 Å².